The number of amides is 1. The van der Waals surface area contributed by atoms with Crippen LogP contribution in [-0.2, 0) is 7.05 Å². The quantitative estimate of drug-likeness (QED) is 0.686. The summed E-state index contributed by atoms with van der Waals surface area (Å²) in [6.45, 7) is 4.90. The van der Waals surface area contributed by atoms with E-state index in [1.165, 1.54) is 11.3 Å². The van der Waals surface area contributed by atoms with Crippen LogP contribution in [0.25, 0.3) is 10.7 Å². The number of thiazole rings is 1. The summed E-state index contributed by atoms with van der Waals surface area (Å²) in [5.41, 5.74) is 4.19. The number of aryl methyl sites for hydroxylation is 3. The summed E-state index contributed by atoms with van der Waals surface area (Å²) in [6, 6.07) is 1.80. The lowest BCUT2D eigenvalue weighted by atomic mass is 9.93. The van der Waals surface area contributed by atoms with Crippen LogP contribution in [0.5, 0.6) is 0 Å². The van der Waals surface area contributed by atoms with Gasteiger partial charge in [0.25, 0.3) is 11.5 Å². The zero-order valence-electron chi connectivity index (χ0n) is 16.4. The van der Waals surface area contributed by atoms with Gasteiger partial charge in [0, 0.05) is 26.1 Å². The Hall–Kier alpha value is -2.52. The van der Waals surface area contributed by atoms with Crippen LogP contribution in [0.3, 0.4) is 0 Å². The van der Waals surface area contributed by atoms with E-state index in [2.05, 4.69) is 20.1 Å². The molecule has 0 atom stereocenters. The zero-order chi connectivity index (χ0) is 20.7. The maximum absolute atomic E-state index is 12.8. The Kier molecular flexibility index (Phi) is 5.26. The van der Waals surface area contributed by atoms with Gasteiger partial charge in [0.2, 0.25) is 0 Å². The fourth-order valence-electron chi connectivity index (χ4n) is 3.71. The Labute approximate surface area is 176 Å². The molecule has 0 radical (unpaired) electrons. The van der Waals surface area contributed by atoms with Gasteiger partial charge in [-0.15, -0.1) is 11.3 Å². The van der Waals surface area contributed by atoms with Gasteiger partial charge in [0.15, 0.2) is 5.82 Å². The van der Waals surface area contributed by atoms with Crippen molar-refractivity contribution in [1.82, 2.24) is 29.6 Å². The third-order valence-corrected chi connectivity index (χ3v) is 6.54. The van der Waals surface area contributed by atoms with Gasteiger partial charge in [0.1, 0.15) is 10.7 Å². The highest BCUT2D eigenvalue weighted by Gasteiger charge is 2.29. The molecule has 8 nitrogen and oxygen atoms in total. The van der Waals surface area contributed by atoms with E-state index < -0.39 is 0 Å². The van der Waals surface area contributed by atoms with E-state index in [0.29, 0.717) is 43.1 Å². The number of halogens is 1. The molecular formula is C19H21ClN6O2S. The Balaban J connectivity index is 1.55. The van der Waals surface area contributed by atoms with Crippen LogP contribution in [0, 0.1) is 13.8 Å². The molecule has 1 saturated heterocycles. The minimum absolute atomic E-state index is 0.0223. The summed E-state index contributed by atoms with van der Waals surface area (Å²) < 4.78 is 1.61. The summed E-state index contributed by atoms with van der Waals surface area (Å²) in [7, 11) is 1.77. The molecule has 152 valence electrons. The van der Waals surface area contributed by atoms with Gasteiger partial charge in [-0.1, -0.05) is 11.6 Å². The van der Waals surface area contributed by atoms with Crippen molar-refractivity contribution in [2.75, 3.05) is 13.1 Å². The SMILES string of the molecule is Cc1cc(C(=O)N2CCC(c3nc(-c4scnc4C)[nH]c(=O)c3Cl)CC2)n(C)n1. The highest BCUT2D eigenvalue weighted by molar-refractivity contribution is 7.13. The lowest BCUT2D eigenvalue weighted by Crippen LogP contribution is -2.39. The van der Waals surface area contributed by atoms with E-state index >= 15 is 0 Å². The number of carbonyl (C=O) groups is 1. The molecule has 3 aromatic heterocycles. The fraction of sp³-hybridized carbons (Fsp3) is 0.421. The highest BCUT2D eigenvalue weighted by Crippen LogP contribution is 2.32. The second-order valence-corrected chi connectivity index (χ2v) is 8.47. The maximum atomic E-state index is 12.8. The molecule has 4 rings (SSSR count). The molecule has 0 unspecified atom stereocenters. The first-order valence-corrected chi connectivity index (χ1v) is 10.6. The molecule has 0 saturated carbocycles. The molecule has 1 aliphatic rings. The van der Waals surface area contributed by atoms with Gasteiger partial charge in [0.05, 0.1) is 27.5 Å². The van der Waals surface area contributed by atoms with Crippen LogP contribution in [0.4, 0.5) is 0 Å². The average Bonchev–Trinajstić information content (AvgIpc) is 3.28. The van der Waals surface area contributed by atoms with Crippen molar-refractivity contribution in [1.29, 1.82) is 0 Å². The monoisotopic (exact) mass is 432 g/mol. The van der Waals surface area contributed by atoms with E-state index in [1.807, 2.05) is 18.7 Å². The lowest BCUT2D eigenvalue weighted by molar-refractivity contribution is 0.0701. The van der Waals surface area contributed by atoms with Crippen LogP contribution < -0.4 is 5.56 Å². The second-order valence-electron chi connectivity index (χ2n) is 7.24. The molecule has 0 spiro atoms. The predicted molar refractivity (Wildman–Crippen MR) is 112 cm³/mol. The van der Waals surface area contributed by atoms with Crippen molar-refractivity contribution in [3.8, 4) is 10.7 Å². The number of likely N-dealkylation sites (tertiary alicyclic amines) is 1. The highest BCUT2D eigenvalue weighted by atomic mass is 35.5. The first kappa shape index (κ1) is 19.8. The first-order valence-electron chi connectivity index (χ1n) is 9.35. The summed E-state index contributed by atoms with van der Waals surface area (Å²) in [5.74, 6) is 0.491. The van der Waals surface area contributed by atoms with Crippen molar-refractivity contribution in [3.05, 3.63) is 49.7 Å². The Bertz CT molecular complexity index is 1130. The number of hydrogen-bond acceptors (Lipinski definition) is 6. The molecule has 29 heavy (non-hydrogen) atoms. The Morgan fingerprint density at radius 3 is 2.62 bits per heavy atom. The van der Waals surface area contributed by atoms with Gasteiger partial charge in [-0.05, 0) is 32.8 Å². The third-order valence-electron chi connectivity index (χ3n) is 5.24. The molecule has 0 aromatic carbocycles. The maximum Gasteiger partial charge on any atom is 0.272 e. The van der Waals surface area contributed by atoms with Crippen LogP contribution in [0.2, 0.25) is 5.02 Å². The van der Waals surface area contributed by atoms with Crippen molar-refractivity contribution in [3.63, 3.8) is 0 Å². The minimum atomic E-state index is -0.344. The fourth-order valence-corrected chi connectivity index (χ4v) is 4.70. The molecule has 10 heteroatoms. The van der Waals surface area contributed by atoms with Crippen LogP contribution in [0.1, 0.15) is 46.3 Å². The van der Waals surface area contributed by atoms with Crippen molar-refractivity contribution >= 4 is 28.8 Å². The van der Waals surface area contributed by atoms with Crippen LogP contribution in [0.15, 0.2) is 16.4 Å². The summed E-state index contributed by atoms with van der Waals surface area (Å²) in [5, 5.41) is 4.38. The number of carbonyl (C=O) groups excluding carboxylic acids is 1. The second kappa shape index (κ2) is 7.72. The lowest BCUT2D eigenvalue weighted by Gasteiger charge is -2.32. The summed E-state index contributed by atoms with van der Waals surface area (Å²) >= 11 is 7.74. The molecule has 1 N–H and O–H groups in total. The number of piperidine rings is 1. The van der Waals surface area contributed by atoms with Gasteiger partial charge in [-0.2, -0.15) is 5.10 Å². The van der Waals surface area contributed by atoms with Gasteiger partial charge < -0.3 is 9.88 Å². The van der Waals surface area contributed by atoms with Gasteiger partial charge >= 0.3 is 0 Å². The third kappa shape index (κ3) is 3.72. The average molecular weight is 433 g/mol. The smallest absolute Gasteiger partial charge is 0.272 e. The van der Waals surface area contributed by atoms with Crippen molar-refractivity contribution in [2.45, 2.75) is 32.6 Å². The molecule has 4 heterocycles. The minimum Gasteiger partial charge on any atom is -0.337 e. The van der Waals surface area contributed by atoms with Crippen molar-refractivity contribution < 1.29 is 4.79 Å². The molecule has 0 bridgehead atoms. The van der Waals surface area contributed by atoms with Crippen LogP contribution in [-0.4, -0.2) is 48.6 Å². The number of aromatic nitrogens is 5. The standard InChI is InChI=1S/C19H21ClN6O2S/c1-10-8-13(25(3)24-10)19(28)26-6-4-12(5-7-26)15-14(20)18(27)23-17(22-15)16-11(2)21-9-29-16/h8-9,12H,4-7H2,1-3H3,(H,22,23,27). The number of nitrogens with zero attached hydrogens (tertiary/aromatic N) is 5. The normalized spacial score (nSPS) is 15.1. The summed E-state index contributed by atoms with van der Waals surface area (Å²) in [6.07, 6.45) is 1.39. The topological polar surface area (TPSA) is 96.8 Å². The summed E-state index contributed by atoms with van der Waals surface area (Å²) in [4.78, 5) is 39.5. The van der Waals surface area contributed by atoms with Gasteiger partial charge in [-0.25, -0.2) is 9.97 Å². The van der Waals surface area contributed by atoms with Crippen molar-refractivity contribution in [2.24, 2.45) is 7.05 Å². The van der Waals surface area contributed by atoms with E-state index in [-0.39, 0.29) is 22.4 Å². The molecule has 1 amide bonds. The number of H-pyrrole nitrogens is 1. The molecule has 1 fully saturated rings. The number of aromatic amines is 1. The zero-order valence-corrected chi connectivity index (χ0v) is 18.0. The molecular weight excluding hydrogens is 412 g/mol. The van der Waals surface area contributed by atoms with E-state index in [9.17, 15) is 9.59 Å². The molecule has 3 aromatic rings. The Morgan fingerprint density at radius 2 is 2.03 bits per heavy atom. The number of hydrogen-bond donors (Lipinski definition) is 1. The van der Waals surface area contributed by atoms with Gasteiger partial charge in [-0.3, -0.25) is 14.3 Å². The Morgan fingerprint density at radius 1 is 1.31 bits per heavy atom. The van der Waals surface area contributed by atoms with E-state index in [4.69, 9.17) is 11.6 Å². The number of nitrogens with one attached hydrogen (secondary N) is 1. The number of rotatable bonds is 3. The molecule has 1 aliphatic heterocycles. The van der Waals surface area contributed by atoms with E-state index in [0.717, 1.165) is 16.3 Å². The van der Waals surface area contributed by atoms with Crippen LogP contribution >= 0.6 is 22.9 Å². The largest absolute Gasteiger partial charge is 0.337 e. The first-order chi connectivity index (χ1) is 13.8. The van der Waals surface area contributed by atoms with E-state index in [1.54, 1.807) is 23.3 Å². The predicted octanol–water partition coefficient (Wildman–Crippen LogP) is 2.92. The molecule has 0 aliphatic carbocycles.